The van der Waals surface area contributed by atoms with E-state index in [1.807, 2.05) is 0 Å². The molecule has 1 heterocycles. The van der Waals surface area contributed by atoms with Gasteiger partial charge in [-0.25, -0.2) is 4.79 Å². The lowest BCUT2D eigenvalue weighted by atomic mass is 10.0. The summed E-state index contributed by atoms with van der Waals surface area (Å²) in [4.78, 5) is 26.6. The van der Waals surface area contributed by atoms with Crippen molar-refractivity contribution in [3.8, 4) is 6.07 Å². The molecule has 0 saturated carbocycles. The molecule has 30 heavy (non-hydrogen) atoms. The molecule has 0 unspecified atom stereocenters. The second-order valence-electron chi connectivity index (χ2n) is 7.01. The molecule has 3 rings (SSSR count). The van der Waals surface area contributed by atoms with E-state index >= 15 is 0 Å². The van der Waals surface area contributed by atoms with Crippen molar-refractivity contribution in [2.24, 2.45) is 0 Å². The lowest BCUT2D eigenvalue weighted by Crippen LogP contribution is -2.44. The van der Waals surface area contributed by atoms with Crippen molar-refractivity contribution in [2.45, 2.75) is 25.6 Å². The molecule has 0 atom stereocenters. The molecule has 2 aromatic rings. The van der Waals surface area contributed by atoms with Gasteiger partial charge in [0.25, 0.3) is 5.91 Å². The van der Waals surface area contributed by atoms with Gasteiger partial charge in [-0.05, 0) is 68.5 Å². The molecule has 0 aliphatic carbocycles. The minimum atomic E-state index is -4.78. The van der Waals surface area contributed by atoms with E-state index < -0.39 is 34.7 Å². The maximum Gasteiger partial charge on any atom is 0.417 e. The SMILES string of the molecule is CC1(C)C(=O)N(c2ccc(C#N)c(C(F)(F)F)c2)C(=S)N1c1ccc(C(=O)O)cc1. The standard InChI is InChI=1S/C20H14F3N3O3S/c1-19(2)17(29)25(14-8-5-12(10-24)15(9-14)20(21,22)23)18(30)26(19)13-6-3-11(4-7-13)16(27)28/h3-9H,1-2H3,(H,27,28). The first-order chi connectivity index (χ1) is 13.9. The number of carbonyl (C=O) groups excluding carboxylic acids is 1. The van der Waals surface area contributed by atoms with E-state index in [1.54, 1.807) is 13.8 Å². The molecular formula is C20H14F3N3O3S. The van der Waals surface area contributed by atoms with Crippen molar-refractivity contribution < 1.29 is 27.9 Å². The van der Waals surface area contributed by atoms with Gasteiger partial charge in [0.2, 0.25) is 0 Å². The Hall–Kier alpha value is -3.45. The second kappa shape index (κ2) is 7.11. The first-order valence-electron chi connectivity index (χ1n) is 8.53. The molecule has 0 bridgehead atoms. The fourth-order valence-electron chi connectivity index (χ4n) is 3.21. The normalized spacial score (nSPS) is 16.0. The summed E-state index contributed by atoms with van der Waals surface area (Å²) in [7, 11) is 0. The van der Waals surface area contributed by atoms with E-state index in [0.29, 0.717) is 5.69 Å². The summed E-state index contributed by atoms with van der Waals surface area (Å²) in [5, 5.41) is 18.0. The van der Waals surface area contributed by atoms with Crippen LogP contribution in [0.3, 0.4) is 0 Å². The van der Waals surface area contributed by atoms with Crippen LogP contribution in [-0.4, -0.2) is 27.6 Å². The first-order valence-corrected chi connectivity index (χ1v) is 8.94. The number of amides is 1. The van der Waals surface area contributed by atoms with Crippen molar-refractivity contribution in [1.82, 2.24) is 0 Å². The Bertz CT molecular complexity index is 1110. The Morgan fingerprint density at radius 1 is 1.13 bits per heavy atom. The number of carbonyl (C=O) groups is 2. The third kappa shape index (κ3) is 3.37. The van der Waals surface area contributed by atoms with Crippen molar-refractivity contribution in [3.63, 3.8) is 0 Å². The zero-order valence-corrected chi connectivity index (χ0v) is 16.5. The van der Waals surface area contributed by atoms with Crippen LogP contribution in [0.25, 0.3) is 0 Å². The highest BCUT2D eigenvalue weighted by Crippen LogP contribution is 2.39. The van der Waals surface area contributed by atoms with Crippen LogP contribution in [0, 0.1) is 11.3 Å². The van der Waals surface area contributed by atoms with Crippen molar-refractivity contribution in [1.29, 1.82) is 5.26 Å². The van der Waals surface area contributed by atoms with Gasteiger partial charge in [-0.1, -0.05) is 0 Å². The van der Waals surface area contributed by atoms with Crippen molar-refractivity contribution in [3.05, 3.63) is 59.2 Å². The lowest BCUT2D eigenvalue weighted by molar-refractivity contribution is -0.137. The minimum absolute atomic E-state index is 0.0340. The number of carboxylic acids is 1. The third-order valence-corrected chi connectivity index (χ3v) is 5.09. The highest BCUT2D eigenvalue weighted by atomic mass is 32.1. The number of carboxylic acid groups (broad SMARTS) is 1. The third-order valence-electron chi connectivity index (χ3n) is 4.73. The highest BCUT2D eigenvalue weighted by Gasteiger charge is 2.50. The zero-order chi connectivity index (χ0) is 22.4. The van der Waals surface area contributed by atoms with Gasteiger partial charge in [0, 0.05) is 5.69 Å². The number of nitriles is 1. The minimum Gasteiger partial charge on any atom is -0.478 e. The number of rotatable bonds is 3. The van der Waals surface area contributed by atoms with E-state index in [1.165, 1.54) is 41.3 Å². The van der Waals surface area contributed by atoms with Crippen LogP contribution in [0.2, 0.25) is 0 Å². The number of alkyl halides is 3. The number of thiocarbonyl (C=S) groups is 1. The highest BCUT2D eigenvalue weighted by molar-refractivity contribution is 7.81. The molecule has 0 aromatic heterocycles. The van der Waals surface area contributed by atoms with E-state index in [-0.39, 0.29) is 16.4 Å². The van der Waals surface area contributed by atoms with Crippen LogP contribution in [0.1, 0.15) is 35.3 Å². The number of hydrogen-bond donors (Lipinski definition) is 1. The molecule has 10 heteroatoms. The Morgan fingerprint density at radius 2 is 1.70 bits per heavy atom. The fourth-order valence-corrected chi connectivity index (χ4v) is 3.73. The topological polar surface area (TPSA) is 84.6 Å². The van der Waals surface area contributed by atoms with Crippen LogP contribution < -0.4 is 9.80 Å². The summed E-state index contributed by atoms with van der Waals surface area (Å²) in [6, 6.07) is 10.0. The van der Waals surface area contributed by atoms with Crippen molar-refractivity contribution >= 4 is 40.6 Å². The van der Waals surface area contributed by atoms with E-state index in [0.717, 1.165) is 17.0 Å². The van der Waals surface area contributed by atoms with E-state index in [9.17, 15) is 22.8 Å². The molecule has 1 fully saturated rings. The summed E-state index contributed by atoms with van der Waals surface area (Å²) in [6.45, 7) is 3.11. The van der Waals surface area contributed by atoms with Crippen molar-refractivity contribution in [2.75, 3.05) is 9.80 Å². The molecule has 1 aliphatic heterocycles. The zero-order valence-electron chi connectivity index (χ0n) is 15.7. The number of halogens is 3. The summed E-state index contributed by atoms with van der Waals surface area (Å²) in [5.74, 6) is -1.69. The van der Waals surface area contributed by atoms with Gasteiger partial charge in [0.15, 0.2) is 5.11 Å². The van der Waals surface area contributed by atoms with Crippen LogP contribution in [0.4, 0.5) is 24.5 Å². The summed E-state index contributed by atoms with van der Waals surface area (Å²) < 4.78 is 40.0. The first kappa shape index (κ1) is 21.3. The monoisotopic (exact) mass is 433 g/mol. The summed E-state index contributed by atoms with van der Waals surface area (Å²) >= 11 is 5.40. The number of anilines is 2. The van der Waals surface area contributed by atoms with Gasteiger partial charge in [0.05, 0.1) is 28.4 Å². The lowest BCUT2D eigenvalue weighted by Gasteiger charge is -2.29. The average Bonchev–Trinajstić information content (AvgIpc) is 2.85. The Labute approximate surface area is 174 Å². The largest absolute Gasteiger partial charge is 0.478 e. The van der Waals surface area contributed by atoms with E-state index in [4.69, 9.17) is 22.6 Å². The average molecular weight is 433 g/mol. The molecule has 0 spiro atoms. The number of hydrogen-bond acceptors (Lipinski definition) is 4. The van der Waals surface area contributed by atoms with E-state index in [2.05, 4.69) is 0 Å². The van der Waals surface area contributed by atoms with Crippen LogP contribution in [0.5, 0.6) is 0 Å². The molecule has 154 valence electrons. The maximum absolute atomic E-state index is 13.3. The number of aromatic carboxylic acids is 1. The fraction of sp³-hybridized carbons (Fsp3) is 0.200. The summed E-state index contributed by atoms with van der Waals surface area (Å²) in [5.41, 5.74) is -2.64. The Morgan fingerprint density at radius 3 is 2.20 bits per heavy atom. The molecule has 1 saturated heterocycles. The Balaban J connectivity index is 2.09. The Kier molecular flexibility index (Phi) is 5.04. The summed E-state index contributed by atoms with van der Waals surface area (Å²) in [6.07, 6.45) is -4.78. The molecular weight excluding hydrogens is 419 g/mol. The predicted octanol–water partition coefficient (Wildman–Crippen LogP) is 4.19. The number of nitrogens with zero attached hydrogens (tertiary/aromatic N) is 3. The van der Waals surface area contributed by atoms with Gasteiger partial charge in [0.1, 0.15) is 5.54 Å². The van der Waals surface area contributed by atoms with Crippen LogP contribution >= 0.6 is 12.2 Å². The van der Waals surface area contributed by atoms with Crippen LogP contribution in [0.15, 0.2) is 42.5 Å². The molecule has 6 nitrogen and oxygen atoms in total. The second-order valence-corrected chi connectivity index (χ2v) is 7.37. The van der Waals surface area contributed by atoms with Crippen LogP contribution in [-0.2, 0) is 11.0 Å². The quantitative estimate of drug-likeness (QED) is 0.731. The predicted molar refractivity (Wildman–Crippen MR) is 106 cm³/mol. The van der Waals surface area contributed by atoms with Gasteiger partial charge in [-0.3, -0.25) is 9.69 Å². The molecule has 0 radical (unpaired) electrons. The molecule has 1 amide bonds. The maximum atomic E-state index is 13.3. The van der Waals surface area contributed by atoms with Gasteiger partial charge < -0.3 is 10.0 Å². The smallest absolute Gasteiger partial charge is 0.417 e. The van der Waals surface area contributed by atoms with Gasteiger partial charge >= 0.3 is 12.1 Å². The molecule has 1 aliphatic rings. The van der Waals surface area contributed by atoms with Gasteiger partial charge in [-0.2, -0.15) is 18.4 Å². The van der Waals surface area contributed by atoms with Gasteiger partial charge in [-0.15, -0.1) is 0 Å². The number of benzene rings is 2. The molecule has 1 N–H and O–H groups in total. The molecule has 2 aromatic carbocycles.